The molecule has 2 heterocycles. The Hall–Kier alpha value is -3.59. The van der Waals surface area contributed by atoms with Gasteiger partial charge >= 0.3 is 0 Å². The van der Waals surface area contributed by atoms with Crippen LogP contribution in [0.1, 0.15) is 0 Å². The van der Waals surface area contributed by atoms with E-state index in [0.29, 0.717) is 17.0 Å². The number of aromatic nitrogens is 2. The van der Waals surface area contributed by atoms with Crippen LogP contribution in [0.25, 0.3) is 16.9 Å². The molecule has 4 aromatic rings. The smallest absolute Gasteiger partial charge is 0.262 e. The lowest BCUT2D eigenvalue weighted by Crippen LogP contribution is -2.14. The summed E-state index contributed by atoms with van der Waals surface area (Å²) < 4.78 is 54.1. The first kappa shape index (κ1) is 19.7. The Labute approximate surface area is 172 Å². The molecule has 0 aliphatic heterocycles. The maximum absolute atomic E-state index is 14.0. The van der Waals surface area contributed by atoms with Crippen LogP contribution in [0.4, 0.5) is 10.1 Å². The van der Waals surface area contributed by atoms with Gasteiger partial charge < -0.3 is 13.9 Å². The van der Waals surface area contributed by atoms with Crippen molar-refractivity contribution >= 4 is 21.4 Å². The standard InChI is InChI=1S/C21H18FN3O4S/c1-28-19-9-7-15(12-16(19)22)30(26,27)24-17-11-14(6-8-20(17)29-2)18-13-25-10-4-3-5-21(25)23-18/h3-13,24H,1-2H3. The second-order valence-electron chi connectivity index (χ2n) is 6.41. The van der Waals surface area contributed by atoms with Crippen molar-refractivity contribution in [2.45, 2.75) is 4.90 Å². The SMILES string of the molecule is COc1ccc(S(=O)(=O)Nc2cc(-c3cn4ccccc4n3)ccc2OC)cc1F. The predicted molar refractivity (Wildman–Crippen MR) is 111 cm³/mol. The molecule has 0 unspecified atom stereocenters. The summed E-state index contributed by atoms with van der Waals surface area (Å²) in [6.45, 7) is 0. The highest BCUT2D eigenvalue weighted by Gasteiger charge is 2.19. The molecule has 0 atom stereocenters. The Morgan fingerprint density at radius 3 is 2.47 bits per heavy atom. The summed E-state index contributed by atoms with van der Waals surface area (Å²) in [5.74, 6) is -0.494. The Balaban J connectivity index is 1.72. The van der Waals surface area contributed by atoms with Crippen LogP contribution >= 0.6 is 0 Å². The third-order valence-corrected chi connectivity index (χ3v) is 5.90. The molecule has 9 heteroatoms. The van der Waals surface area contributed by atoms with Gasteiger partial charge in [0.1, 0.15) is 11.4 Å². The summed E-state index contributed by atoms with van der Waals surface area (Å²) in [6.07, 6.45) is 3.71. The number of rotatable bonds is 6. The normalized spacial score (nSPS) is 11.4. The van der Waals surface area contributed by atoms with Gasteiger partial charge in [-0.1, -0.05) is 6.07 Å². The molecule has 4 rings (SSSR count). The number of sulfonamides is 1. The lowest BCUT2D eigenvalue weighted by molar-refractivity contribution is 0.385. The van der Waals surface area contributed by atoms with Gasteiger partial charge in [0.05, 0.1) is 30.5 Å². The van der Waals surface area contributed by atoms with E-state index in [2.05, 4.69) is 9.71 Å². The quantitative estimate of drug-likeness (QED) is 0.504. The fraction of sp³-hybridized carbons (Fsp3) is 0.0952. The molecular weight excluding hydrogens is 409 g/mol. The number of pyridine rings is 1. The molecule has 2 aromatic carbocycles. The molecule has 0 saturated carbocycles. The Morgan fingerprint density at radius 1 is 1.00 bits per heavy atom. The number of ether oxygens (including phenoxy) is 2. The lowest BCUT2D eigenvalue weighted by atomic mass is 10.1. The number of nitrogens with zero attached hydrogens (tertiary/aromatic N) is 2. The lowest BCUT2D eigenvalue weighted by Gasteiger charge is -2.13. The second-order valence-corrected chi connectivity index (χ2v) is 8.09. The van der Waals surface area contributed by atoms with E-state index in [9.17, 15) is 12.8 Å². The van der Waals surface area contributed by atoms with Gasteiger partial charge in [0.15, 0.2) is 11.6 Å². The molecule has 0 amide bonds. The fourth-order valence-electron chi connectivity index (χ4n) is 3.04. The molecule has 1 N–H and O–H groups in total. The Bertz CT molecular complexity index is 1300. The first-order valence-corrected chi connectivity index (χ1v) is 10.4. The minimum Gasteiger partial charge on any atom is -0.495 e. The van der Waals surface area contributed by atoms with Gasteiger partial charge in [-0.05, 0) is 48.5 Å². The van der Waals surface area contributed by atoms with Crippen LogP contribution in [-0.2, 0) is 10.0 Å². The first-order valence-electron chi connectivity index (χ1n) is 8.90. The highest BCUT2D eigenvalue weighted by Crippen LogP contribution is 2.32. The van der Waals surface area contributed by atoms with Gasteiger partial charge in [-0.2, -0.15) is 0 Å². The zero-order valence-corrected chi connectivity index (χ0v) is 17.0. The Kier molecular flexibility index (Phi) is 5.04. The predicted octanol–water partition coefficient (Wildman–Crippen LogP) is 3.96. The zero-order chi connectivity index (χ0) is 21.3. The molecule has 0 aliphatic rings. The third kappa shape index (κ3) is 3.67. The van der Waals surface area contributed by atoms with Crippen molar-refractivity contribution in [1.82, 2.24) is 9.38 Å². The number of halogens is 1. The van der Waals surface area contributed by atoms with Gasteiger partial charge in [0, 0.05) is 18.0 Å². The summed E-state index contributed by atoms with van der Waals surface area (Å²) in [7, 11) is -1.33. The molecule has 7 nitrogen and oxygen atoms in total. The summed E-state index contributed by atoms with van der Waals surface area (Å²) >= 11 is 0. The van der Waals surface area contributed by atoms with Crippen LogP contribution in [0.2, 0.25) is 0 Å². The van der Waals surface area contributed by atoms with Crippen molar-refractivity contribution in [2.75, 3.05) is 18.9 Å². The molecule has 0 fully saturated rings. The van der Waals surface area contributed by atoms with Crippen LogP contribution in [-0.4, -0.2) is 32.0 Å². The Morgan fingerprint density at radius 2 is 1.77 bits per heavy atom. The average Bonchev–Trinajstić information content (AvgIpc) is 3.17. The number of benzene rings is 2. The van der Waals surface area contributed by atoms with Gasteiger partial charge in [0.2, 0.25) is 0 Å². The summed E-state index contributed by atoms with van der Waals surface area (Å²) in [4.78, 5) is 4.31. The second kappa shape index (κ2) is 7.68. The van der Waals surface area contributed by atoms with E-state index in [1.54, 1.807) is 18.2 Å². The number of anilines is 1. The van der Waals surface area contributed by atoms with E-state index in [1.807, 2.05) is 35.0 Å². The van der Waals surface area contributed by atoms with Crippen LogP contribution in [0.15, 0.2) is 71.9 Å². The molecule has 30 heavy (non-hydrogen) atoms. The molecule has 2 aromatic heterocycles. The van der Waals surface area contributed by atoms with Crippen LogP contribution < -0.4 is 14.2 Å². The topological polar surface area (TPSA) is 81.9 Å². The minimum absolute atomic E-state index is 0.0413. The molecular formula is C21H18FN3O4S. The molecule has 0 spiro atoms. The number of fused-ring (bicyclic) bond motifs is 1. The minimum atomic E-state index is -4.07. The van der Waals surface area contributed by atoms with Crippen molar-refractivity contribution in [1.29, 1.82) is 0 Å². The number of nitrogens with one attached hydrogen (secondary N) is 1. The van der Waals surface area contributed by atoms with Gasteiger partial charge in [0.25, 0.3) is 10.0 Å². The van der Waals surface area contributed by atoms with Crippen molar-refractivity contribution < 1.29 is 22.3 Å². The van der Waals surface area contributed by atoms with E-state index in [1.165, 1.54) is 26.4 Å². The first-order chi connectivity index (χ1) is 14.4. The number of hydrogen-bond donors (Lipinski definition) is 1. The van der Waals surface area contributed by atoms with E-state index in [0.717, 1.165) is 11.7 Å². The average molecular weight is 427 g/mol. The van der Waals surface area contributed by atoms with Gasteiger partial charge in [-0.25, -0.2) is 17.8 Å². The summed E-state index contributed by atoms with van der Waals surface area (Å²) in [5, 5.41) is 0. The summed E-state index contributed by atoms with van der Waals surface area (Å²) in [6, 6.07) is 14.1. The van der Waals surface area contributed by atoms with Crippen molar-refractivity contribution in [2.24, 2.45) is 0 Å². The van der Waals surface area contributed by atoms with Gasteiger partial charge in [-0.3, -0.25) is 4.72 Å². The number of methoxy groups -OCH3 is 2. The van der Waals surface area contributed by atoms with Crippen LogP contribution in [0, 0.1) is 5.82 Å². The largest absolute Gasteiger partial charge is 0.495 e. The number of imidazole rings is 1. The van der Waals surface area contributed by atoms with Crippen molar-refractivity contribution in [3.05, 3.63) is 72.8 Å². The molecule has 0 aliphatic carbocycles. The molecule has 0 radical (unpaired) electrons. The van der Waals surface area contributed by atoms with E-state index >= 15 is 0 Å². The summed E-state index contributed by atoms with van der Waals surface area (Å²) in [5.41, 5.74) is 2.33. The fourth-order valence-corrected chi connectivity index (χ4v) is 4.11. The van der Waals surface area contributed by atoms with E-state index < -0.39 is 15.8 Å². The van der Waals surface area contributed by atoms with Crippen molar-refractivity contribution in [3.8, 4) is 22.8 Å². The molecule has 0 bridgehead atoms. The van der Waals surface area contributed by atoms with Gasteiger partial charge in [-0.15, -0.1) is 0 Å². The van der Waals surface area contributed by atoms with E-state index in [-0.39, 0.29) is 16.3 Å². The van der Waals surface area contributed by atoms with Crippen molar-refractivity contribution in [3.63, 3.8) is 0 Å². The van der Waals surface area contributed by atoms with E-state index in [4.69, 9.17) is 9.47 Å². The highest BCUT2D eigenvalue weighted by atomic mass is 32.2. The number of hydrogen-bond acceptors (Lipinski definition) is 5. The van der Waals surface area contributed by atoms with Crippen LogP contribution in [0.5, 0.6) is 11.5 Å². The zero-order valence-electron chi connectivity index (χ0n) is 16.2. The third-order valence-electron chi connectivity index (χ3n) is 4.54. The maximum atomic E-state index is 14.0. The monoisotopic (exact) mass is 427 g/mol. The molecule has 0 saturated heterocycles. The van der Waals surface area contributed by atoms with Crippen LogP contribution in [0.3, 0.4) is 0 Å². The molecule has 154 valence electrons. The maximum Gasteiger partial charge on any atom is 0.262 e. The highest BCUT2D eigenvalue weighted by molar-refractivity contribution is 7.92.